The third kappa shape index (κ3) is 1.92. The minimum atomic E-state index is -1.27. The molecule has 94 valence electrons. The van der Waals surface area contributed by atoms with E-state index in [9.17, 15) is 14.7 Å². The van der Waals surface area contributed by atoms with Crippen LogP contribution in [0.1, 0.15) is 13.3 Å². The number of aliphatic hydroxyl groups is 2. The lowest BCUT2D eigenvalue weighted by Crippen LogP contribution is -2.47. The van der Waals surface area contributed by atoms with E-state index in [-0.39, 0.29) is 13.0 Å². The quantitative estimate of drug-likeness (QED) is 0.576. The molecule has 1 aliphatic rings. The number of aliphatic hydroxyl groups excluding tert-OH is 2. The van der Waals surface area contributed by atoms with Gasteiger partial charge in [0.1, 0.15) is 6.10 Å². The van der Waals surface area contributed by atoms with Crippen LogP contribution in [-0.2, 0) is 10.5 Å². The topological polar surface area (TPSA) is 105 Å². The Hall–Kier alpha value is -1.44. The van der Waals surface area contributed by atoms with Gasteiger partial charge in [0, 0.05) is 18.7 Å². The average Bonchev–Trinajstić information content (AvgIpc) is 2.55. The molecule has 0 aliphatic carbocycles. The first-order valence-electron chi connectivity index (χ1n) is 5.26. The monoisotopic (exact) mass is 242 g/mol. The zero-order valence-corrected chi connectivity index (χ0v) is 9.29. The van der Waals surface area contributed by atoms with Crippen molar-refractivity contribution in [1.82, 2.24) is 9.55 Å². The largest absolute Gasteiger partial charge is 0.394 e. The first kappa shape index (κ1) is 12.0. The molecule has 3 N–H and O–H groups in total. The van der Waals surface area contributed by atoms with E-state index in [1.807, 2.05) is 0 Å². The third-order valence-corrected chi connectivity index (χ3v) is 3.02. The highest BCUT2D eigenvalue weighted by molar-refractivity contribution is 4.95. The summed E-state index contributed by atoms with van der Waals surface area (Å²) in [5.41, 5.74) is -2.44. The van der Waals surface area contributed by atoms with E-state index in [1.54, 1.807) is 0 Å². The molecule has 0 aromatic carbocycles. The summed E-state index contributed by atoms with van der Waals surface area (Å²) in [6.07, 6.45) is 0.0555. The summed E-state index contributed by atoms with van der Waals surface area (Å²) < 4.78 is 6.58. The van der Waals surface area contributed by atoms with E-state index in [1.165, 1.54) is 19.2 Å². The Morgan fingerprint density at radius 3 is 2.88 bits per heavy atom. The lowest BCUT2D eigenvalue weighted by molar-refractivity contribution is -0.137. The van der Waals surface area contributed by atoms with Gasteiger partial charge in [-0.1, -0.05) is 0 Å². The zero-order valence-electron chi connectivity index (χ0n) is 9.29. The van der Waals surface area contributed by atoms with Gasteiger partial charge >= 0.3 is 5.69 Å². The van der Waals surface area contributed by atoms with Crippen LogP contribution >= 0.6 is 0 Å². The summed E-state index contributed by atoms with van der Waals surface area (Å²) in [6.45, 7) is 1.30. The molecule has 0 spiro atoms. The number of aromatic amines is 1. The van der Waals surface area contributed by atoms with Gasteiger partial charge in [-0.05, 0) is 6.92 Å². The predicted octanol–water partition coefficient (Wildman–Crippen LogP) is -1.65. The number of nitrogens with zero attached hydrogens (tertiary/aromatic N) is 1. The molecule has 0 radical (unpaired) electrons. The second-order valence-electron chi connectivity index (χ2n) is 4.21. The number of aromatic nitrogens is 2. The molecule has 1 aromatic heterocycles. The Labute approximate surface area is 96.3 Å². The van der Waals surface area contributed by atoms with E-state index < -0.39 is 29.2 Å². The van der Waals surface area contributed by atoms with E-state index >= 15 is 0 Å². The maximum atomic E-state index is 11.6. The molecule has 3 atom stereocenters. The Kier molecular flexibility index (Phi) is 2.90. The van der Waals surface area contributed by atoms with Gasteiger partial charge in [0.05, 0.1) is 12.7 Å². The number of nitrogens with one attached hydrogen (secondary N) is 1. The molecule has 0 saturated carbocycles. The second-order valence-corrected chi connectivity index (χ2v) is 4.21. The molecule has 0 amide bonds. The standard InChI is InChI=1S/C10H14N2O5/c1-10(7(14)4-6(5-13)17-10)12-3-2-8(15)11-9(12)16/h2-3,6-7,13-14H,4-5H2,1H3,(H,11,15,16)/t6-,7+,10+/m0/s1. The van der Waals surface area contributed by atoms with Gasteiger partial charge < -0.3 is 14.9 Å². The molecule has 2 rings (SSSR count). The lowest BCUT2D eigenvalue weighted by atomic mass is 10.1. The van der Waals surface area contributed by atoms with Gasteiger partial charge in [-0.2, -0.15) is 0 Å². The molecular weight excluding hydrogens is 228 g/mol. The molecule has 2 heterocycles. The predicted molar refractivity (Wildman–Crippen MR) is 57.6 cm³/mol. The van der Waals surface area contributed by atoms with Crippen molar-refractivity contribution in [2.45, 2.75) is 31.3 Å². The van der Waals surface area contributed by atoms with E-state index in [2.05, 4.69) is 4.98 Å². The van der Waals surface area contributed by atoms with Crippen LogP contribution in [0.25, 0.3) is 0 Å². The Balaban J connectivity index is 2.45. The third-order valence-electron chi connectivity index (χ3n) is 3.02. The molecule has 7 heteroatoms. The number of H-pyrrole nitrogens is 1. The number of ether oxygens (including phenoxy) is 1. The van der Waals surface area contributed by atoms with Crippen molar-refractivity contribution < 1.29 is 14.9 Å². The van der Waals surface area contributed by atoms with Crippen molar-refractivity contribution in [3.8, 4) is 0 Å². The van der Waals surface area contributed by atoms with Crippen LogP contribution in [0.4, 0.5) is 0 Å². The van der Waals surface area contributed by atoms with Crippen LogP contribution in [0.2, 0.25) is 0 Å². The van der Waals surface area contributed by atoms with Crippen molar-refractivity contribution in [3.63, 3.8) is 0 Å². The minimum absolute atomic E-state index is 0.231. The Morgan fingerprint density at radius 1 is 1.65 bits per heavy atom. The average molecular weight is 242 g/mol. The first-order chi connectivity index (χ1) is 7.97. The lowest BCUT2D eigenvalue weighted by Gasteiger charge is -2.29. The fraction of sp³-hybridized carbons (Fsp3) is 0.600. The molecule has 0 bridgehead atoms. The molecule has 1 aromatic rings. The summed E-state index contributed by atoms with van der Waals surface area (Å²) in [4.78, 5) is 24.7. The first-order valence-corrected chi connectivity index (χ1v) is 5.26. The highest BCUT2D eigenvalue weighted by Crippen LogP contribution is 2.33. The maximum absolute atomic E-state index is 11.6. The molecule has 1 aliphatic heterocycles. The van der Waals surface area contributed by atoms with Crippen LogP contribution in [0.5, 0.6) is 0 Å². The minimum Gasteiger partial charge on any atom is -0.394 e. The second kappa shape index (κ2) is 4.10. The highest BCUT2D eigenvalue weighted by atomic mass is 16.6. The van der Waals surface area contributed by atoms with Crippen LogP contribution in [0, 0.1) is 0 Å². The van der Waals surface area contributed by atoms with Gasteiger partial charge in [0.15, 0.2) is 5.72 Å². The fourth-order valence-electron chi connectivity index (χ4n) is 2.03. The number of rotatable bonds is 2. The van der Waals surface area contributed by atoms with Crippen molar-refractivity contribution in [1.29, 1.82) is 0 Å². The Bertz CT molecular complexity index is 522. The smallest absolute Gasteiger partial charge is 0.330 e. The van der Waals surface area contributed by atoms with Crippen molar-refractivity contribution in [2.24, 2.45) is 0 Å². The zero-order chi connectivity index (χ0) is 12.6. The van der Waals surface area contributed by atoms with Gasteiger partial charge in [0.2, 0.25) is 0 Å². The van der Waals surface area contributed by atoms with Gasteiger partial charge in [-0.25, -0.2) is 4.79 Å². The summed E-state index contributed by atoms with van der Waals surface area (Å²) in [7, 11) is 0. The molecule has 17 heavy (non-hydrogen) atoms. The SMILES string of the molecule is C[C@@]1(n2ccc(=O)[nH]c2=O)O[C@H](CO)C[C@H]1O. The normalized spacial score (nSPS) is 32.9. The number of hydrogen-bond donors (Lipinski definition) is 3. The molecular formula is C10H14N2O5. The summed E-state index contributed by atoms with van der Waals surface area (Å²) in [6, 6.07) is 1.18. The maximum Gasteiger partial charge on any atom is 0.330 e. The summed E-state index contributed by atoms with van der Waals surface area (Å²) in [5, 5.41) is 18.9. The molecule has 1 fully saturated rings. The molecule has 1 saturated heterocycles. The van der Waals surface area contributed by atoms with Crippen molar-refractivity contribution in [2.75, 3.05) is 6.61 Å². The highest BCUT2D eigenvalue weighted by Gasteiger charge is 2.46. The van der Waals surface area contributed by atoms with E-state index in [4.69, 9.17) is 9.84 Å². The van der Waals surface area contributed by atoms with Crippen LogP contribution in [0.15, 0.2) is 21.9 Å². The van der Waals surface area contributed by atoms with E-state index in [0.29, 0.717) is 0 Å². The van der Waals surface area contributed by atoms with Crippen molar-refractivity contribution in [3.05, 3.63) is 33.1 Å². The number of hydrogen-bond acceptors (Lipinski definition) is 5. The van der Waals surface area contributed by atoms with Crippen molar-refractivity contribution >= 4 is 0 Å². The van der Waals surface area contributed by atoms with Crippen LogP contribution in [-0.4, -0.2) is 38.6 Å². The van der Waals surface area contributed by atoms with Crippen LogP contribution < -0.4 is 11.2 Å². The molecule has 7 nitrogen and oxygen atoms in total. The summed E-state index contributed by atoms with van der Waals surface area (Å²) >= 11 is 0. The van der Waals surface area contributed by atoms with Gasteiger partial charge in [0.25, 0.3) is 5.56 Å². The fourth-order valence-corrected chi connectivity index (χ4v) is 2.03. The van der Waals surface area contributed by atoms with Gasteiger partial charge in [-0.15, -0.1) is 0 Å². The Morgan fingerprint density at radius 2 is 2.35 bits per heavy atom. The summed E-state index contributed by atoms with van der Waals surface area (Å²) in [5.74, 6) is 0. The molecule has 0 unspecified atom stereocenters. The van der Waals surface area contributed by atoms with E-state index in [0.717, 1.165) is 4.57 Å². The van der Waals surface area contributed by atoms with Gasteiger partial charge in [-0.3, -0.25) is 14.3 Å². The van der Waals surface area contributed by atoms with Crippen LogP contribution in [0.3, 0.4) is 0 Å².